The average Bonchev–Trinajstić information content (AvgIpc) is 2.86. The minimum absolute atomic E-state index is 0.149. The lowest BCUT2D eigenvalue weighted by Crippen LogP contribution is -2.23. The first-order chi connectivity index (χ1) is 9.58. The van der Waals surface area contributed by atoms with E-state index < -0.39 is 0 Å². The summed E-state index contributed by atoms with van der Waals surface area (Å²) < 4.78 is 10.3. The van der Waals surface area contributed by atoms with Crippen LogP contribution in [0.5, 0.6) is 5.75 Å². The number of esters is 1. The summed E-state index contributed by atoms with van der Waals surface area (Å²) in [5, 5.41) is 1.05. The van der Waals surface area contributed by atoms with Gasteiger partial charge in [-0.15, -0.1) is 0 Å². The highest BCUT2D eigenvalue weighted by molar-refractivity contribution is 5.89. The summed E-state index contributed by atoms with van der Waals surface area (Å²) in [5.41, 5.74) is 2.10. The molecule has 0 aliphatic carbocycles. The third-order valence-electron chi connectivity index (χ3n) is 3.72. The van der Waals surface area contributed by atoms with Crippen LogP contribution in [-0.2, 0) is 16.0 Å². The molecule has 0 spiro atoms. The van der Waals surface area contributed by atoms with Crippen molar-refractivity contribution in [1.29, 1.82) is 0 Å². The average molecular weight is 275 g/mol. The van der Waals surface area contributed by atoms with E-state index in [0.29, 0.717) is 6.42 Å². The van der Waals surface area contributed by atoms with Crippen LogP contribution in [0.25, 0.3) is 10.9 Å². The van der Waals surface area contributed by atoms with Gasteiger partial charge in [-0.3, -0.25) is 4.79 Å². The van der Waals surface area contributed by atoms with Gasteiger partial charge in [0.2, 0.25) is 0 Å². The molecule has 0 amide bonds. The number of hydrogen-bond donors (Lipinski definition) is 1. The maximum atomic E-state index is 11.9. The zero-order valence-electron chi connectivity index (χ0n) is 12.4. The lowest BCUT2D eigenvalue weighted by Gasteiger charge is -2.18. The summed E-state index contributed by atoms with van der Waals surface area (Å²) in [7, 11) is 3.10. The molecule has 0 fully saturated rings. The molecule has 0 aliphatic heterocycles. The van der Waals surface area contributed by atoms with Crippen molar-refractivity contribution in [2.24, 2.45) is 11.8 Å². The van der Waals surface area contributed by atoms with Gasteiger partial charge in [0.15, 0.2) is 0 Å². The monoisotopic (exact) mass is 275 g/mol. The van der Waals surface area contributed by atoms with Crippen LogP contribution >= 0.6 is 0 Å². The van der Waals surface area contributed by atoms with E-state index in [1.54, 1.807) is 7.11 Å². The first kappa shape index (κ1) is 14.4. The van der Waals surface area contributed by atoms with Gasteiger partial charge in [0.1, 0.15) is 5.75 Å². The quantitative estimate of drug-likeness (QED) is 0.853. The number of ether oxygens (including phenoxy) is 2. The largest absolute Gasteiger partial charge is 0.496 e. The highest BCUT2D eigenvalue weighted by atomic mass is 16.5. The standard InChI is InChI=1S/C16H21NO3/c1-10(2)12(16(18)20-4)8-11-9-17-13-6-5-7-14(19-3)15(11)13/h5-7,9-10,12,17H,8H2,1-4H3. The van der Waals surface area contributed by atoms with E-state index >= 15 is 0 Å². The normalized spacial score (nSPS) is 12.7. The maximum absolute atomic E-state index is 11.9. The van der Waals surface area contributed by atoms with Gasteiger partial charge in [-0.25, -0.2) is 0 Å². The molecule has 108 valence electrons. The van der Waals surface area contributed by atoms with Crippen LogP contribution < -0.4 is 4.74 Å². The fourth-order valence-electron chi connectivity index (χ4n) is 2.53. The molecule has 0 radical (unpaired) electrons. The molecular formula is C16H21NO3. The van der Waals surface area contributed by atoms with Gasteiger partial charge in [0, 0.05) is 17.1 Å². The molecule has 1 atom stereocenters. The SMILES string of the molecule is COC(=O)C(Cc1c[nH]c2cccc(OC)c12)C(C)C. The summed E-state index contributed by atoms with van der Waals surface area (Å²) in [6.45, 7) is 4.07. The Morgan fingerprint density at radius 3 is 2.65 bits per heavy atom. The number of aromatic nitrogens is 1. The van der Waals surface area contributed by atoms with Crippen molar-refractivity contribution in [2.75, 3.05) is 14.2 Å². The molecule has 0 bridgehead atoms. The highest BCUT2D eigenvalue weighted by Gasteiger charge is 2.25. The second-order valence-corrected chi connectivity index (χ2v) is 5.27. The van der Waals surface area contributed by atoms with Crippen molar-refractivity contribution in [1.82, 2.24) is 4.98 Å². The van der Waals surface area contributed by atoms with Crippen LogP contribution in [0, 0.1) is 11.8 Å². The second-order valence-electron chi connectivity index (χ2n) is 5.27. The van der Waals surface area contributed by atoms with E-state index in [1.807, 2.05) is 38.2 Å². The molecule has 1 aromatic carbocycles. The molecule has 20 heavy (non-hydrogen) atoms. The van der Waals surface area contributed by atoms with E-state index in [-0.39, 0.29) is 17.8 Å². The molecule has 0 saturated heterocycles. The number of carbonyl (C=O) groups excluding carboxylic acids is 1. The van der Waals surface area contributed by atoms with Gasteiger partial charge in [0.25, 0.3) is 0 Å². The van der Waals surface area contributed by atoms with Gasteiger partial charge >= 0.3 is 5.97 Å². The number of methoxy groups -OCH3 is 2. The van der Waals surface area contributed by atoms with E-state index in [9.17, 15) is 4.79 Å². The summed E-state index contributed by atoms with van der Waals surface area (Å²) >= 11 is 0. The van der Waals surface area contributed by atoms with Gasteiger partial charge in [-0.2, -0.15) is 0 Å². The van der Waals surface area contributed by atoms with Gasteiger partial charge in [-0.05, 0) is 30.0 Å². The van der Waals surface area contributed by atoms with Crippen molar-refractivity contribution in [3.05, 3.63) is 30.0 Å². The van der Waals surface area contributed by atoms with Crippen molar-refractivity contribution in [3.8, 4) is 5.75 Å². The maximum Gasteiger partial charge on any atom is 0.309 e. The van der Waals surface area contributed by atoms with Crippen molar-refractivity contribution < 1.29 is 14.3 Å². The lowest BCUT2D eigenvalue weighted by molar-refractivity contribution is -0.146. The Morgan fingerprint density at radius 2 is 2.05 bits per heavy atom. The fraction of sp³-hybridized carbons (Fsp3) is 0.438. The number of aromatic amines is 1. The van der Waals surface area contributed by atoms with Gasteiger partial charge < -0.3 is 14.5 Å². The predicted molar refractivity (Wildman–Crippen MR) is 78.9 cm³/mol. The number of H-pyrrole nitrogens is 1. The van der Waals surface area contributed by atoms with Crippen molar-refractivity contribution >= 4 is 16.9 Å². The van der Waals surface area contributed by atoms with Gasteiger partial charge in [0.05, 0.1) is 20.1 Å². The molecule has 1 aromatic heterocycles. The lowest BCUT2D eigenvalue weighted by atomic mass is 9.89. The first-order valence-corrected chi connectivity index (χ1v) is 6.79. The van der Waals surface area contributed by atoms with Crippen molar-refractivity contribution in [2.45, 2.75) is 20.3 Å². The van der Waals surface area contributed by atoms with E-state index in [2.05, 4.69) is 4.98 Å². The minimum Gasteiger partial charge on any atom is -0.496 e. The summed E-state index contributed by atoms with van der Waals surface area (Å²) in [6, 6.07) is 5.88. The number of rotatable bonds is 5. The molecular weight excluding hydrogens is 254 g/mol. The third kappa shape index (κ3) is 2.64. The topological polar surface area (TPSA) is 51.3 Å². The number of nitrogens with one attached hydrogen (secondary N) is 1. The second kappa shape index (κ2) is 5.99. The number of benzene rings is 1. The molecule has 0 saturated carbocycles. The van der Waals surface area contributed by atoms with Crippen LogP contribution in [0.4, 0.5) is 0 Å². The molecule has 1 unspecified atom stereocenters. The Balaban J connectivity index is 2.40. The number of fused-ring (bicyclic) bond motifs is 1. The molecule has 2 aromatic rings. The van der Waals surface area contributed by atoms with Crippen LogP contribution in [0.3, 0.4) is 0 Å². The minimum atomic E-state index is -0.163. The third-order valence-corrected chi connectivity index (χ3v) is 3.72. The van der Waals surface area contributed by atoms with E-state index in [0.717, 1.165) is 22.2 Å². The Labute approximate surface area is 119 Å². The van der Waals surface area contributed by atoms with E-state index in [1.165, 1.54) is 7.11 Å². The molecule has 4 nitrogen and oxygen atoms in total. The van der Waals surface area contributed by atoms with E-state index in [4.69, 9.17) is 9.47 Å². The number of carbonyl (C=O) groups is 1. The van der Waals surface area contributed by atoms with Crippen LogP contribution in [0.15, 0.2) is 24.4 Å². The Hall–Kier alpha value is -1.97. The van der Waals surface area contributed by atoms with Gasteiger partial charge in [-0.1, -0.05) is 19.9 Å². The summed E-state index contributed by atoms with van der Waals surface area (Å²) in [5.74, 6) is 0.737. The first-order valence-electron chi connectivity index (χ1n) is 6.79. The van der Waals surface area contributed by atoms with Crippen molar-refractivity contribution in [3.63, 3.8) is 0 Å². The van der Waals surface area contributed by atoms with Crippen LogP contribution in [0.2, 0.25) is 0 Å². The Morgan fingerprint density at radius 1 is 1.30 bits per heavy atom. The highest BCUT2D eigenvalue weighted by Crippen LogP contribution is 2.31. The molecule has 1 N–H and O–H groups in total. The molecule has 4 heteroatoms. The fourth-order valence-corrected chi connectivity index (χ4v) is 2.53. The molecule has 1 heterocycles. The van der Waals surface area contributed by atoms with Crippen LogP contribution in [-0.4, -0.2) is 25.2 Å². The Kier molecular flexibility index (Phi) is 4.32. The summed E-state index contributed by atoms with van der Waals surface area (Å²) in [6.07, 6.45) is 2.59. The summed E-state index contributed by atoms with van der Waals surface area (Å²) in [4.78, 5) is 15.1. The zero-order chi connectivity index (χ0) is 14.7. The number of hydrogen-bond acceptors (Lipinski definition) is 3. The molecule has 2 rings (SSSR count). The molecule has 0 aliphatic rings. The predicted octanol–water partition coefficient (Wildman–Crippen LogP) is 3.16. The Bertz CT molecular complexity index is 601. The smallest absolute Gasteiger partial charge is 0.309 e. The van der Waals surface area contributed by atoms with Crippen LogP contribution in [0.1, 0.15) is 19.4 Å². The zero-order valence-corrected chi connectivity index (χ0v) is 12.4.